The second-order valence-corrected chi connectivity index (χ2v) is 6.38. The summed E-state index contributed by atoms with van der Waals surface area (Å²) >= 11 is 0. The number of primary sulfonamides is 1. The van der Waals surface area contributed by atoms with Crippen LogP contribution >= 0.6 is 0 Å². The largest absolute Gasteiger partial charge is 0.302 e. The number of sulfonamides is 1. The maximum Gasteiger partial charge on any atom is 0.210 e. The molecule has 1 saturated heterocycles. The molecule has 15 heavy (non-hydrogen) atoms. The molecule has 5 heteroatoms. The van der Waals surface area contributed by atoms with Gasteiger partial charge < -0.3 is 4.90 Å². The summed E-state index contributed by atoms with van der Waals surface area (Å²) in [6.45, 7) is 9.14. The third-order valence-corrected chi connectivity index (χ3v) is 2.64. The second-order valence-electron chi connectivity index (χ2n) is 4.65. The fourth-order valence-corrected chi connectivity index (χ4v) is 1.78. The standard InChI is InChI=1S/C6H14N2O2S.C4H10/c7-11(9,10)6-5-8-3-1-2-4-8;1-4(2)3/h1-6H2,(H2,7,9,10);4H,1-3H3. The second kappa shape index (κ2) is 7.19. The highest BCUT2D eigenvalue weighted by Gasteiger charge is 2.13. The molecule has 0 radical (unpaired) electrons. The Kier molecular flexibility index (Phi) is 7.13. The molecule has 1 fully saturated rings. The molecular formula is C10H24N2O2S. The van der Waals surface area contributed by atoms with E-state index < -0.39 is 10.0 Å². The first-order valence-corrected chi connectivity index (χ1v) is 7.25. The molecule has 0 spiro atoms. The van der Waals surface area contributed by atoms with Gasteiger partial charge in [-0.15, -0.1) is 0 Å². The third-order valence-electron chi connectivity index (χ3n) is 1.89. The molecule has 0 saturated carbocycles. The normalized spacial score (nSPS) is 17.7. The fourth-order valence-electron chi connectivity index (χ4n) is 1.26. The van der Waals surface area contributed by atoms with E-state index in [4.69, 9.17) is 5.14 Å². The van der Waals surface area contributed by atoms with E-state index >= 15 is 0 Å². The van der Waals surface area contributed by atoms with Gasteiger partial charge in [0, 0.05) is 6.54 Å². The molecule has 0 aromatic rings. The Hall–Kier alpha value is -0.130. The van der Waals surface area contributed by atoms with Crippen molar-refractivity contribution < 1.29 is 8.42 Å². The van der Waals surface area contributed by atoms with Crippen LogP contribution in [0.3, 0.4) is 0 Å². The molecule has 1 heterocycles. The Bertz CT molecular complexity index is 241. The Labute approximate surface area is 93.9 Å². The average Bonchev–Trinajstić information content (AvgIpc) is 2.49. The van der Waals surface area contributed by atoms with Gasteiger partial charge in [-0.1, -0.05) is 20.8 Å². The summed E-state index contributed by atoms with van der Waals surface area (Å²) < 4.78 is 21.1. The van der Waals surface area contributed by atoms with Crippen molar-refractivity contribution in [3.63, 3.8) is 0 Å². The summed E-state index contributed by atoms with van der Waals surface area (Å²) in [6, 6.07) is 0. The molecule has 0 bridgehead atoms. The third kappa shape index (κ3) is 11.8. The zero-order valence-corrected chi connectivity index (χ0v) is 10.9. The maximum absolute atomic E-state index is 10.5. The van der Waals surface area contributed by atoms with Crippen molar-refractivity contribution in [2.24, 2.45) is 11.1 Å². The minimum atomic E-state index is -3.25. The van der Waals surface area contributed by atoms with E-state index in [0.29, 0.717) is 6.54 Å². The summed E-state index contributed by atoms with van der Waals surface area (Å²) in [6.07, 6.45) is 2.37. The highest BCUT2D eigenvalue weighted by atomic mass is 32.2. The lowest BCUT2D eigenvalue weighted by Crippen LogP contribution is -2.29. The molecule has 0 amide bonds. The average molecular weight is 236 g/mol. The number of rotatable bonds is 3. The van der Waals surface area contributed by atoms with Crippen molar-refractivity contribution in [2.75, 3.05) is 25.4 Å². The quantitative estimate of drug-likeness (QED) is 0.796. The molecule has 1 aliphatic rings. The van der Waals surface area contributed by atoms with E-state index in [1.807, 2.05) is 0 Å². The van der Waals surface area contributed by atoms with Crippen LogP contribution in [0.1, 0.15) is 33.6 Å². The van der Waals surface area contributed by atoms with Crippen molar-refractivity contribution >= 4 is 10.0 Å². The molecule has 1 rings (SSSR count). The first kappa shape index (κ1) is 14.9. The van der Waals surface area contributed by atoms with Gasteiger partial charge >= 0.3 is 0 Å². The molecule has 92 valence electrons. The van der Waals surface area contributed by atoms with E-state index in [2.05, 4.69) is 25.7 Å². The lowest BCUT2D eigenvalue weighted by molar-refractivity contribution is 0.359. The number of nitrogens with two attached hydrogens (primary N) is 1. The maximum atomic E-state index is 10.5. The summed E-state index contributed by atoms with van der Waals surface area (Å²) in [7, 11) is -3.25. The summed E-state index contributed by atoms with van der Waals surface area (Å²) in [5, 5.41) is 4.86. The van der Waals surface area contributed by atoms with Gasteiger partial charge in [0.05, 0.1) is 5.75 Å². The van der Waals surface area contributed by atoms with Gasteiger partial charge in [0.2, 0.25) is 10.0 Å². The number of likely N-dealkylation sites (tertiary alicyclic amines) is 1. The SMILES string of the molecule is CC(C)C.NS(=O)(=O)CCN1CCCC1. The predicted octanol–water partition coefficient (Wildman–Crippen LogP) is 1.03. The highest BCUT2D eigenvalue weighted by molar-refractivity contribution is 7.89. The summed E-state index contributed by atoms with van der Waals surface area (Å²) in [5.74, 6) is 0.924. The molecule has 0 aliphatic carbocycles. The Morgan fingerprint density at radius 1 is 1.20 bits per heavy atom. The highest BCUT2D eigenvalue weighted by Crippen LogP contribution is 2.06. The number of hydrogen-bond donors (Lipinski definition) is 1. The molecular weight excluding hydrogens is 212 g/mol. The van der Waals surface area contributed by atoms with Crippen molar-refractivity contribution in [2.45, 2.75) is 33.6 Å². The van der Waals surface area contributed by atoms with Crippen LogP contribution in [0.5, 0.6) is 0 Å². The van der Waals surface area contributed by atoms with Crippen molar-refractivity contribution in [3.05, 3.63) is 0 Å². The fraction of sp³-hybridized carbons (Fsp3) is 1.00. The van der Waals surface area contributed by atoms with Crippen LogP contribution in [0, 0.1) is 5.92 Å². The van der Waals surface area contributed by atoms with Gasteiger partial charge in [-0.2, -0.15) is 0 Å². The van der Waals surface area contributed by atoms with E-state index in [-0.39, 0.29) is 5.75 Å². The molecule has 0 aromatic carbocycles. The topological polar surface area (TPSA) is 63.4 Å². The zero-order chi connectivity index (χ0) is 11.9. The van der Waals surface area contributed by atoms with Crippen molar-refractivity contribution in [1.29, 1.82) is 0 Å². The molecule has 4 nitrogen and oxygen atoms in total. The Morgan fingerprint density at radius 3 is 1.93 bits per heavy atom. The van der Waals surface area contributed by atoms with Crippen LogP contribution < -0.4 is 5.14 Å². The minimum Gasteiger partial charge on any atom is -0.302 e. The molecule has 2 N–H and O–H groups in total. The first-order chi connectivity index (χ1) is 6.81. The lowest BCUT2D eigenvalue weighted by Gasteiger charge is -2.12. The van der Waals surface area contributed by atoms with Gasteiger partial charge in [-0.25, -0.2) is 13.6 Å². The Balaban J connectivity index is 0.000000423. The van der Waals surface area contributed by atoms with Crippen LogP contribution in [0.15, 0.2) is 0 Å². The smallest absolute Gasteiger partial charge is 0.210 e. The van der Waals surface area contributed by atoms with Gasteiger partial charge in [-0.3, -0.25) is 0 Å². The lowest BCUT2D eigenvalue weighted by atomic mass is 10.3. The minimum absolute atomic E-state index is 0.0903. The van der Waals surface area contributed by atoms with E-state index in [1.165, 1.54) is 12.8 Å². The van der Waals surface area contributed by atoms with Crippen LogP contribution in [0.25, 0.3) is 0 Å². The summed E-state index contributed by atoms with van der Waals surface area (Å²) in [4.78, 5) is 2.13. The molecule has 0 unspecified atom stereocenters. The summed E-state index contributed by atoms with van der Waals surface area (Å²) in [5.41, 5.74) is 0. The molecule has 0 atom stereocenters. The van der Waals surface area contributed by atoms with E-state index in [9.17, 15) is 8.42 Å². The van der Waals surface area contributed by atoms with Crippen LogP contribution in [-0.4, -0.2) is 38.7 Å². The van der Waals surface area contributed by atoms with Crippen LogP contribution in [0.4, 0.5) is 0 Å². The van der Waals surface area contributed by atoms with Gasteiger partial charge in [-0.05, 0) is 31.8 Å². The van der Waals surface area contributed by atoms with Gasteiger partial charge in [0.15, 0.2) is 0 Å². The van der Waals surface area contributed by atoms with E-state index in [1.54, 1.807) is 0 Å². The number of nitrogens with zero attached hydrogens (tertiary/aromatic N) is 1. The number of hydrogen-bond acceptors (Lipinski definition) is 3. The van der Waals surface area contributed by atoms with Crippen LogP contribution in [0.2, 0.25) is 0 Å². The molecule has 1 aliphatic heterocycles. The Morgan fingerprint density at radius 2 is 1.60 bits per heavy atom. The molecule has 0 aromatic heterocycles. The first-order valence-electron chi connectivity index (χ1n) is 5.54. The monoisotopic (exact) mass is 236 g/mol. The van der Waals surface area contributed by atoms with Crippen LogP contribution in [-0.2, 0) is 10.0 Å². The van der Waals surface area contributed by atoms with Gasteiger partial charge in [0.25, 0.3) is 0 Å². The predicted molar refractivity (Wildman–Crippen MR) is 64.2 cm³/mol. The van der Waals surface area contributed by atoms with E-state index in [0.717, 1.165) is 19.0 Å². The zero-order valence-electron chi connectivity index (χ0n) is 10.1. The van der Waals surface area contributed by atoms with Gasteiger partial charge in [0.1, 0.15) is 0 Å². The van der Waals surface area contributed by atoms with Crippen molar-refractivity contribution in [1.82, 2.24) is 4.90 Å². The van der Waals surface area contributed by atoms with Crippen molar-refractivity contribution in [3.8, 4) is 0 Å².